The van der Waals surface area contributed by atoms with Gasteiger partial charge >= 0.3 is 0 Å². The van der Waals surface area contributed by atoms with Gasteiger partial charge in [-0.15, -0.1) is 0 Å². The highest BCUT2D eigenvalue weighted by Gasteiger charge is 2.13. The van der Waals surface area contributed by atoms with Crippen LogP contribution in [0.3, 0.4) is 0 Å². The Balaban J connectivity index is 3.26. The molecule has 0 aliphatic carbocycles. The number of halogens is 2. The van der Waals surface area contributed by atoms with Gasteiger partial charge in [-0.05, 0) is 19.4 Å². The fourth-order valence-corrected chi connectivity index (χ4v) is 1.73. The Morgan fingerprint density at radius 1 is 1.62 bits per heavy atom. The van der Waals surface area contributed by atoms with Crippen LogP contribution in [0, 0.1) is 12.7 Å². The molecule has 0 fully saturated rings. The average molecular weight is 286 g/mol. The lowest BCUT2D eigenvalue weighted by Gasteiger charge is -2.08. The van der Waals surface area contributed by atoms with Crippen LogP contribution >= 0.6 is 15.9 Å². The molecule has 0 unspecified atom stereocenters. The number of alkyl halides is 1. The van der Waals surface area contributed by atoms with Crippen LogP contribution in [0.2, 0.25) is 0 Å². The molecule has 0 bridgehead atoms. The van der Waals surface area contributed by atoms with Crippen molar-refractivity contribution in [1.82, 2.24) is 4.98 Å². The molecule has 1 aromatic rings. The molecule has 86 valence electrons. The van der Waals surface area contributed by atoms with Crippen molar-refractivity contribution in [1.29, 1.82) is 0 Å². The number of aromatic nitrogens is 1. The van der Waals surface area contributed by atoms with E-state index in [0.717, 1.165) is 12.6 Å². The third-order valence-corrected chi connectivity index (χ3v) is 2.68. The lowest BCUT2D eigenvalue weighted by atomic mass is 10.0. The van der Waals surface area contributed by atoms with Crippen molar-refractivity contribution in [2.45, 2.75) is 20.3 Å². The summed E-state index contributed by atoms with van der Waals surface area (Å²) < 4.78 is 13.1. The smallest absolute Gasteiger partial charge is 0.173 e. The van der Waals surface area contributed by atoms with Gasteiger partial charge in [-0.25, -0.2) is 4.39 Å². The fraction of sp³-hybridized carbons (Fsp3) is 0.333. The highest BCUT2D eigenvalue weighted by molar-refractivity contribution is 9.09. The third-order valence-electron chi connectivity index (χ3n) is 2.17. The van der Waals surface area contributed by atoms with Gasteiger partial charge in [0.05, 0.1) is 11.5 Å². The zero-order chi connectivity index (χ0) is 12.1. The number of pyridine rings is 1. The Morgan fingerprint density at radius 3 is 2.88 bits per heavy atom. The van der Waals surface area contributed by atoms with E-state index in [1.807, 2.05) is 6.92 Å². The second-order valence-corrected chi connectivity index (χ2v) is 3.93. The van der Waals surface area contributed by atoms with E-state index in [1.165, 1.54) is 6.07 Å². The van der Waals surface area contributed by atoms with Crippen molar-refractivity contribution in [3.8, 4) is 0 Å². The quantitative estimate of drug-likeness (QED) is 0.628. The standard InChI is InChI=1S/C12H13BrFNO/c1-3-4-10(12(16)6-13)11-5-9(14)7-15-8(11)2/h4-5,7H,3,6H2,1-2H3/b10-4+. The largest absolute Gasteiger partial charge is 0.293 e. The first kappa shape index (κ1) is 13.0. The van der Waals surface area contributed by atoms with E-state index < -0.39 is 5.82 Å². The van der Waals surface area contributed by atoms with Gasteiger partial charge in [-0.2, -0.15) is 0 Å². The highest BCUT2D eigenvalue weighted by atomic mass is 79.9. The van der Waals surface area contributed by atoms with E-state index in [9.17, 15) is 9.18 Å². The van der Waals surface area contributed by atoms with Gasteiger partial charge in [0.25, 0.3) is 0 Å². The van der Waals surface area contributed by atoms with E-state index in [-0.39, 0.29) is 11.1 Å². The molecule has 0 aromatic carbocycles. The van der Waals surface area contributed by atoms with E-state index >= 15 is 0 Å². The lowest BCUT2D eigenvalue weighted by molar-refractivity contribution is -0.111. The first-order chi connectivity index (χ1) is 7.60. The van der Waals surface area contributed by atoms with Crippen molar-refractivity contribution in [2.75, 3.05) is 5.33 Å². The average Bonchev–Trinajstić information content (AvgIpc) is 2.28. The number of hydrogen-bond donors (Lipinski definition) is 0. The minimum absolute atomic E-state index is 0.0580. The van der Waals surface area contributed by atoms with Crippen LogP contribution in [0.5, 0.6) is 0 Å². The number of nitrogens with zero attached hydrogens (tertiary/aromatic N) is 1. The van der Waals surface area contributed by atoms with Crippen LogP contribution in [0.1, 0.15) is 24.6 Å². The molecule has 0 saturated heterocycles. The predicted octanol–water partition coefficient (Wildman–Crippen LogP) is 3.29. The van der Waals surface area contributed by atoms with Gasteiger partial charge in [0.15, 0.2) is 5.78 Å². The second kappa shape index (κ2) is 5.89. The van der Waals surface area contributed by atoms with E-state index in [2.05, 4.69) is 20.9 Å². The first-order valence-electron chi connectivity index (χ1n) is 5.02. The molecular weight excluding hydrogens is 273 g/mol. The Morgan fingerprint density at radius 2 is 2.31 bits per heavy atom. The molecule has 1 aromatic heterocycles. The fourth-order valence-electron chi connectivity index (χ4n) is 1.43. The number of carbonyl (C=O) groups is 1. The van der Waals surface area contributed by atoms with Gasteiger partial charge in [0.1, 0.15) is 5.82 Å². The second-order valence-electron chi connectivity index (χ2n) is 3.37. The Hall–Kier alpha value is -1.03. The molecule has 0 aliphatic rings. The molecular formula is C12H13BrFNO. The van der Waals surface area contributed by atoms with E-state index in [4.69, 9.17) is 0 Å². The molecule has 0 amide bonds. The number of ketones is 1. The molecule has 0 radical (unpaired) electrons. The molecule has 0 spiro atoms. The maximum absolute atomic E-state index is 13.1. The molecule has 1 heterocycles. The topological polar surface area (TPSA) is 30.0 Å². The van der Waals surface area contributed by atoms with Crippen molar-refractivity contribution >= 4 is 27.3 Å². The molecule has 0 saturated carbocycles. The summed E-state index contributed by atoms with van der Waals surface area (Å²) in [6.45, 7) is 3.70. The highest BCUT2D eigenvalue weighted by Crippen LogP contribution is 2.20. The van der Waals surface area contributed by atoms with Crippen molar-refractivity contribution in [3.05, 3.63) is 35.4 Å². The van der Waals surface area contributed by atoms with Crippen molar-refractivity contribution in [3.63, 3.8) is 0 Å². The van der Waals surface area contributed by atoms with Crippen LogP contribution in [0.4, 0.5) is 4.39 Å². The number of carbonyl (C=O) groups excluding carboxylic acids is 1. The molecule has 0 aliphatic heterocycles. The van der Waals surface area contributed by atoms with Crippen molar-refractivity contribution in [2.24, 2.45) is 0 Å². The summed E-state index contributed by atoms with van der Waals surface area (Å²) in [5.74, 6) is -0.484. The summed E-state index contributed by atoms with van der Waals surface area (Å²) in [5.41, 5.74) is 1.77. The maximum Gasteiger partial charge on any atom is 0.173 e. The van der Waals surface area contributed by atoms with Gasteiger partial charge < -0.3 is 0 Å². The maximum atomic E-state index is 13.1. The summed E-state index contributed by atoms with van der Waals surface area (Å²) in [7, 11) is 0. The number of rotatable bonds is 4. The summed E-state index contributed by atoms with van der Waals surface area (Å²) in [4.78, 5) is 15.6. The summed E-state index contributed by atoms with van der Waals surface area (Å²) in [5, 5.41) is 0.231. The molecule has 1 rings (SSSR count). The first-order valence-corrected chi connectivity index (χ1v) is 6.14. The van der Waals surface area contributed by atoms with Gasteiger partial charge in [0, 0.05) is 16.8 Å². The Labute approximate surface area is 103 Å². The summed E-state index contributed by atoms with van der Waals surface area (Å²) >= 11 is 3.12. The van der Waals surface area contributed by atoms with Crippen LogP contribution in [-0.4, -0.2) is 16.1 Å². The van der Waals surface area contributed by atoms with Gasteiger partial charge in [-0.1, -0.05) is 28.9 Å². The predicted molar refractivity (Wildman–Crippen MR) is 66.0 cm³/mol. The lowest BCUT2D eigenvalue weighted by Crippen LogP contribution is -2.06. The Bertz CT molecular complexity index is 429. The molecule has 0 N–H and O–H groups in total. The molecule has 0 atom stereocenters. The van der Waals surface area contributed by atoms with Crippen LogP contribution in [0.25, 0.3) is 5.57 Å². The van der Waals surface area contributed by atoms with Gasteiger partial charge in [-0.3, -0.25) is 9.78 Å². The number of hydrogen-bond acceptors (Lipinski definition) is 2. The monoisotopic (exact) mass is 285 g/mol. The summed E-state index contributed by atoms with van der Waals surface area (Å²) in [6.07, 6.45) is 3.68. The normalized spacial score (nSPS) is 11.6. The van der Waals surface area contributed by atoms with Crippen molar-refractivity contribution < 1.29 is 9.18 Å². The number of Topliss-reactive ketones (excluding diaryl/α,β-unsaturated/α-hetero) is 1. The van der Waals surface area contributed by atoms with Crippen LogP contribution in [0.15, 0.2) is 18.3 Å². The molecule has 16 heavy (non-hydrogen) atoms. The van der Waals surface area contributed by atoms with Crippen LogP contribution in [-0.2, 0) is 4.79 Å². The number of allylic oxidation sites excluding steroid dienone is 2. The van der Waals surface area contributed by atoms with Crippen LogP contribution < -0.4 is 0 Å². The Kier molecular flexibility index (Phi) is 4.80. The van der Waals surface area contributed by atoms with E-state index in [0.29, 0.717) is 16.8 Å². The molecule has 4 heteroatoms. The zero-order valence-electron chi connectivity index (χ0n) is 9.26. The summed E-state index contributed by atoms with van der Waals surface area (Å²) in [6, 6.07) is 1.35. The van der Waals surface area contributed by atoms with Gasteiger partial charge in [0.2, 0.25) is 0 Å². The molecule has 2 nitrogen and oxygen atoms in total. The number of aryl methyl sites for hydroxylation is 1. The SMILES string of the molecule is CC/C=C(/C(=O)CBr)c1cc(F)cnc1C. The zero-order valence-corrected chi connectivity index (χ0v) is 10.8. The third kappa shape index (κ3) is 2.98. The van der Waals surface area contributed by atoms with E-state index in [1.54, 1.807) is 13.0 Å². The minimum Gasteiger partial charge on any atom is -0.293 e. The minimum atomic E-state index is -0.426.